The van der Waals surface area contributed by atoms with Crippen LogP contribution in [0.1, 0.15) is 43.5 Å². The van der Waals surface area contributed by atoms with Crippen LogP contribution in [0.15, 0.2) is 18.2 Å². The Balaban J connectivity index is 1.72. The third-order valence-electron chi connectivity index (χ3n) is 5.80. The highest BCUT2D eigenvalue weighted by Crippen LogP contribution is 2.28. The van der Waals surface area contributed by atoms with E-state index in [-0.39, 0.29) is 22.9 Å². The molecule has 0 aromatic heterocycles. The smallest absolute Gasteiger partial charge is 0.310 e. The van der Waals surface area contributed by atoms with Crippen molar-refractivity contribution in [2.24, 2.45) is 5.92 Å². The maximum atomic E-state index is 13.4. The van der Waals surface area contributed by atoms with Crippen molar-refractivity contribution < 1.29 is 33.8 Å². The van der Waals surface area contributed by atoms with E-state index in [0.29, 0.717) is 25.1 Å². The van der Waals surface area contributed by atoms with E-state index in [1.54, 1.807) is 26.0 Å². The lowest BCUT2D eigenvalue weighted by atomic mass is 10.0. The van der Waals surface area contributed by atoms with Gasteiger partial charge in [-0.3, -0.25) is 19.2 Å². The van der Waals surface area contributed by atoms with Crippen LogP contribution in [0.5, 0.6) is 5.75 Å². The Morgan fingerprint density at radius 3 is 2.64 bits per heavy atom. The number of ether oxygens (including phenoxy) is 2. The van der Waals surface area contributed by atoms with Crippen molar-refractivity contribution in [1.29, 1.82) is 0 Å². The largest absolute Gasteiger partial charge is 0.495 e. The number of esters is 1. The highest BCUT2D eigenvalue weighted by atomic mass is 35.5. The number of halogens is 1. The number of nitrogens with one attached hydrogen (secondary N) is 2. The number of carbonyl (C=O) groups is 4. The lowest BCUT2D eigenvalue weighted by Gasteiger charge is -2.31. The molecule has 1 aromatic carbocycles. The number of amides is 3. The maximum absolute atomic E-state index is 13.4. The van der Waals surface area contributed by atoms with Crippen LogP contribution in [-0.4, -0.2) is 71.8 Å². The lowest BCUT2D eigenvalue weighted by Crippen LogP contribution is -2.56. The predicted molar refractivity (Wildman–Crippen MR) is 117 cm³/mol. The van der Waals surface area contributed by atoms with Gasteiger partial charge in [-0.1, -0.05) is 31.5 Å². The molecule has 0 aliphatic carbocycles. The molecule has 11 heteroatoms. The van der Waals surface area contributed by atoms with E-state index in [9.17, 15) is 24.3 Å². The molecule has 10 nitrogen and oxygen atoms in total. The molecule has 2 saturated heterocycles. The number of hydrogen-bond donors (Lipinski definition) is 3. The van der Waals surface area contributed by atoms with E-state index in [2.05, 4.69) is 15.4 Å². The van der Waals surface area contributed by atoms with E-state index in [0.717, 1.165) is 0 Å². The molecular weight excluding hydrogens is 454 g/mol. The average Bonchev–Trinajstić information content (AvgIpc) is 3.37. The van der Waals surface area contributed by atoms with Crippen LogP contribution in [0.25, 0.3) is 0 Å². The van der Waals surface area contributed by atoms with Crippen LogP contribution < -0.4 is 15.4 Å². The fourth-order valence-corrected chi connectivity index (χ4v) is 4.29. The molecule has 0 radical (unpaired) electrons. The second-order valence-corrected chi connectivity index (χ2v) is 8.78. The van der Waals surface area contributed by atoms with Gasteiger partial charge < -0.3 is 30.1 Å². The standard InChI is InChI=1S/C22H28ClN3O7/c1-11(2)18(25-19(28)12-6-4-8-15(32-3)17(12)23)21(30)26-9-5-7-14(26)20(29)24-13-10-16(27)33-22(13)31/h4,6,8,11,13-14,18,22,31H,5,7,9-10H2,1-3H3,(H,24,29)(H,25,28)/t13-,14-,18?,22+/m0/s1. The molecule has 3 N–H and O–H groups in total. The first-order chi connectivity index (χ1) is 15.6. The van der Waals surface area contributed by atoms with Gasteiger partial charge in [0.05, 0.1) is 24.1 Å². The molecule has 2 aliphatic rings. The summed E-state index contributed by atoms with van der Waals surface area (Å²) in [6.45, 7) is 3.93. The molecule has 2 aliphatic heterocycles. The summed E-state index contributed by atoms with van der Waals surface area (Å²) in [5.41, 5.74) is 0.171. The highest BCUT2D eigenvalue weighted by Gasteiger charge is 2.41. The number of nitrogens with zero attached hydrogens (tertiary/aromatic N) is 1. The number of methoxy groups -OCH3 is 1. The third kappa shape index (κ3) is 5.39. The van der Waals surface area contributed by atoms with Crippen LogP contribution in [-0.2, 0) is 19.1 Å². The number of hydrogen-bond acceptors (Lipinski definition) is 7. The molecule has 0 bridgehead atoms. The van der Waals surface area contributed by atoms with Crippen molar-refractivity contribution >= 4 is 35.3 Å². The van der Waals surface area contributed by atoms with Gasteiger partial charge in [0.15, 0.2) is 0 Å². The minimum absolute atomic E-state index is 0.137. The van der Waals surface area contributed by atoms with E-state index in [1.165, 1.54) is 18.1 Å². The fourth-order valence-electron chi connectivity index (χ4n) is 4.00. The second-order valence-electron chi connectivity index (χ2n) is 8.41. The fraction of sp³-hybridized carbons (Fsp3) is 0.545. The molecular formula is C22H28ClN3O7. The number of cyclic esters (lactones) is 1. The quantitative estimate of drug-likeness (QED) is 0.491. The molecule has 0 saturated carbocycles. The predicted octanol–water partition coefficient (Wildman–Crippen LogP) is 0.844. The minimum atomic E-state index is -1.41. The molecule has 33 heavy (non-hydrogen) atoms. The van der Waals surface area contributed by atoms with Crippen molar-refractivity contribution in [3.05, 3.63) is 28.8 Å². The molecule has 3 rings (SSSR count). The van der Waals surface area contributed by atoms with Gasteiger partial charge in [0.25, 0.3) is 5.91 Å². The Morgan fingerprint density at radius 2 is 2.03 bits per heavy atom. The van der Waals surface area contributed by atoms with Gasteiger partial charge in [-0.15, -0.1) is 0 Å². The van der Waals surface area contributed by atoms with Crippen molar-refractivity contribution in [1.82, 2.24) is 15.5 Å². The molecule has 4 atom stereocenters. The van der Waals surface area contributed by atoms with Crippen molar-refractivity contribution in [3.63, 3.8) is 0 Å². The van der Waals surface area contributed by atoms with Crippen molar-refractivity contribution in [3.8, 4) is 5.75 Å². The summed E-state index contributed by atoms with van der Waals surface area (Å²) in [5, 5.41) is 15.2. The first-order valence-electron chi connectivity index (χ1n) is 10.8. The number of aliphatic hydroxyl groups is 1. The van der Waals surface area contributed by atoms with Crippen LogP contribution in [0.4, 0.5) is 0 Å². The number of aliphatic hydroxyl groups excluding tert-OH is 1. The SMILES string of the molecule is COc1cccc(C(=O)NC(C(=O)N2CCC[C@H]2C(=O)N[C@H]2CC(=O)O[C@H]2O)C(C)C)c1Cl. The summed E-state index contributed by atoms with van der Waals surface area (Å²) in [6, 6.07) is 2.24. The van der Waals surface area contributed by atoms with E-state index in [1.807, 2.05) is 0 Å². The van der Waals surface area contributed by atoms with Crippen LogP contribution in [0, 0.1) is 5.92 Å². The maximum Gasteiger partial charge on any atom is 0.310 e. The average molecular weight is 482 g/mol. The van der Waals surface area contributed by atoms with Gasteiger partial charge in [-0.2, -0.15) is 0 Å². The molecule has 1 aromatic rings. The Morgan fingerprint density at radius 1 is 1.30 bits per heavy atom. The minimum Gasteiger partial charge on any atom is -0.495 e. The summed E-state index contributed by atoms with van der Waals surface area (Å²) in [7, 11) is 1.44. The summed E-state index contributed by atoms with van der Waals surface area (Å²) in [5.74, 6) is -1.94. The lowest BCUT2D eigenvalue weighted by molar-refractivity contribution is -0.155. The summed E-state index contributed by atoms with van der Waals surface area (Å²) < 4.78 is 9.79. The monoisotopic (exact) mass is 481 g/mol. The van der Waals surface area contributed by atoms with E-state index in [4.69, 9.17) is 16.3 Å². The van der Waals surface area contributed by atoms with Gasteiger partial charge in [-0.25, -0.2) is 0 Å². The third-order valence-corrected chi connectivity index (χ3v) is 6.19. The number of benzene rings is 1. The Kier molecular flexibility index (Phi) is 7.80. The summed E-state index contributed by atoms with van der Waals surface area (Å²) >= 11 is 6.25. The topological polar surface area (TPSA) is 134 Å². The first-order valence-corrected chi connectivity index (χ1v) is 11.1. The molecule has 2 fully saturated rings. The Labute approximate surface area is 196 Å². The van der Waals surface area contributed by atoms with Crippen LogP contribution in [0.2, 0.25) is 5.02 Å². The zero-order valence-corrected chi connectivity index (χ0v) is 19.4. The zero-order chi connectivity index (χ0) is 24.3. The highest BCUT2D eigenvalue weighted by molar-refractivity contribution is 6.35. The Hall–Kier alpha value is -2.85. The second kappa shape index (κ2) is 10.4. The number of likely N-dealkylation sites (tertiary alicyclic amines) is 1. The van der Waals surface area contributed by atoms with Crippen LogP contribution in [0.3, 0.4) is 0 Å². The van der Waals surface area contributed by atoms with E-state index >= 15 is 0 Å². The zero-order valence-electron chi connectivity index (χ0n) is 18.7. The molecule has 180 valence electrons. The van der Waals surface area contributed by atoms with E-state index < -0.39 is 48.1 Å². The van der Waals surface area contributed by atoms with Gasteiger partial charge in [0, 0.05) is 6.54 Å². The normalized spacial score (nSPS) is 23.3. The number of rotatable bonds is 7. The van der Waals surface area contributed by atoms with Gasteiger partial charge in [0.1, 0.15) is 23.9 Å². The van der Waals surface area contributed by atoms with Gasteiger partial charge in [0.2, 0.25) is 18.1 Å². The van der Waals surface area contributed by atoms with Crippen molar-refractivity contribution in [2.75, 3.05) is 13.7 Å². The summed E-state index contributed by atoms with van der Waals surface area (Å²) in [4.78, 5) is 51.9. The molecule has 3 amide bonds. The first kappa shape index (κ1) is 24.8. The number of carbonyl (C=O) groups excluding carboxylic acids is 4. The van der Waals surface area contributed by atoms with Gasteiger partial charge >= 0.3 is 5.97 Å². The Bertz CT molecular complexity index is 939. The molecule has 2 heterocycles. The summed E-state index contributed by atoms with van der Waals surface area (Å²) in [6.07, 6.45) is -0.523. The molecule has 1 unspecified atom stereocenters. The van der Waals surface area contributed by atoms with Crippen LogP contribution >= 0.6 is 11.6 Å². The molecule has 0 spiro atoms. The van der Waals surface area contributed by atoms with Crippen molar-refractivity contribution in [2.45, 2.75) is 57.5 Å². The van der Waals surface area contributed by atoms with Gasteiger partial charge in [-0.05, 0) is 30.9 Å².